The number of hydrogen-bond acceptors (Lipinski definition) is 7. The number of aryl methyl sites for hydroxylation is 1. The van der Waals surface area contributed by atoms with Gasteiger partial charge in [0.15, 0.2) is 5.69 Å². The summed E-state index contributed by atoms with van der Waals surface area (Å²) in [5.74, 6) is 1.40. The van der Waals surface area contributed by atoms with Gasteiger partial charge in [-0.2, -0.15) is 0 Å². The summed E-state index contributed by atoms with van der Waals surface area (Å²) in [6, 6.07) is 18.4. The minimum Gasteiger partial charge on any atom is -0.505 e. The fourth-order valence-electron chi connectivity index (χ4n) is 4.27. The van der Waals surface area contributed by atoms with E-state index in [1.807, 2.05) is 70.4 Å². The van der Waals surface area contributed by atoms with Crippen LogP contribution in [0.1, 0.15) is 36.0 Å². The predicted molar refractivity (Wildman–Crippen MR) is 151 cm³/mol. The highest BCUT2D eigenvalue weighted by atomic mass is 16.3. The van der Waals surface area contributed by atoms with Crippen LogP contribution < -0.4 is 5.32 Å². The van der Waals surface area contributed by atoms with E-state index in [-0.39, 0.29) is 35.4 Å². The number of phenolic OH excluding ortho intramolecular Hbond substituents is 1. The van der Waals surface area contributed by atoms with Gasteiger partial charge in [0.05, 0.1) is 23.5 Å². The lowest BCUT2D eigenvalue weighted by Crippen LogP contribution is -2.23. The fraction of sp³-hybridized carbons (Fsp3) is 0.241. The van der Waals surface area contributed by atoms with Gasteiger partial charge in [-0.15, -0.1) is 0 Å². The van der Waals surface area contributed by atoms with Gasteiger partial charge in [-0.25, -0.2) is 4.99 Å². The van der Waals surface area contributed by atoms with Crippen LogP contribution >= 0.6 is 0 Å². The predicted octanol–water partition coefficient (Wildman–Crippen LogP) is 5.77. The van der Waals surface area contributed by atoms with Crippen molar-refractivity contribution in [3.8, 4) is 17.5 Å². The lowest BCUT2D eigenvalue weighted by atomic mass is 10.1. The van der Waals surface area contributed by atoms with Crippen molar-refractivity contribution in [2.24, 2.45) is 9.98 Å². The molecule has 0 aliphatic rings. The number of rotatable bonds is 8. The van der Waals surface area contributed by atoms with Gasteiger partial charge in [0, 0.05) is 21.1 Å². The Bertz CT molecular complexity index is 1480. The van der Waals surface area contributed by atoms with Gasteiger partial charge in [-0.1, -0.05) is 43.3 Å². The summed E-state index contributed by atoms with van der Waals surface area (Å²) in [5, 5.41) is 36.8. The maximum Gasteiger partial charge on any atom is 0.223 e. The monoisotopic (exact) mass is 515 g/mol. The smallest absolute Gasteiger partial charge is 0.223 e. The van der Waals surface area contributed by atoms with E-state index >= 15 is 0 Å². The van der Waals surface area contributed by atoms with Crippen molar-refractivity contribution in [2.75, 3.05) is 26.5 Å². The van der Waals surface area contributed by atoms with Crippen LogP contribution in [0.25, 0.3) is 0 Å². The van der Waals surface area contributed by atoms with E-state index in [1.54, 1.807) is 30.1 Å². The van der Waals surface area contributed by atoms with Gasteiger partial charge >= 0.3 is 0 Å². The summed E-state index contributed by atoms with van der Waals surface area (Å²) in [6.45, 7) is 3.99. The molecule has 2 heterocycles. The first-order chi connectivity index (χ1) is 18.2. The number of hydrogen-bond donors (Lipinski definition) is 4. The second-order valence-electron chi connectivity index (χ2n) is 9.03. The van der Waals surface area contributed by atoms with Gasteiger partial charge in [-0.3, -0.25) is 9.56 Å². The number of amidine groups is 1. The normalized spacial score (nSPS) is 12.1. The van der Waals surface area contributed by atoms with Crippen molar-refractivity contribution in [1.82, 2.24) is 9.47 Å². The Morgan fingerprint density at radius 3 is 2.32 bits per heavy atom. The highest BCUT2D eigenvalue weighted by Gasteiger charge is 2.25. The number of nitrogens with zero attached hydrogens (tertiary/aromatic N) is 4. The molecule has 0 spiro atoms. The molecule has 0 aliphatic heterocycles. The molecule has 0 bridgehead atoms. The van der Waals surface area contributed by atoms with Crippen LogP contribution in [0.5, 0.6) is 17.5 Å². The molecule has 2 aromatic carbocycles. The molecule has 4 rings (SSSR count). The molecule has 0 unspecified atom stereocenters. The molecule has 38 heavy (non-hydrogen) atoms. The largest absolute Gasteiger partial charge is 0.505 e. The van der Waals surface area contributed by atoms with Gasteiger partial charge in [0.1, 0.15) is 28.8 Å². The summed E-state index contributed by atoms with van der Waals surface area (Å²) >= 11 is 0. The van der Waals surface area contributed by atoms with Crippen LogP contribution in [0.15, 0.2) is 75.1 Å². The summed E-state index contributed by atoms with van der Waals surface area (Å²) in [6.07, 6.45) is 0.524. The summed E-state index contributed by atoms with van der Waals surface area (Å²) < 4.78 is 7.15. The van der Waals surface area contributed by atoms with Crippen molar-refractivity contribution in [3.63, 3.8) is 0 Å². The van der Waals surface area contributed by atoms with Gasteiger partial charge in [0.2, 0.25) is 11.8 Å². The Kier molecular flexibility index (Phi) is 7.76. The third-order valence-corrected chi connectivity index (χ3v) is 6.15. The van der Waals surface area contributed by atoms with Crippen LogP contribution in [-0.4, -0.2) is 57.5 Å². The minimum absolute atomic E-state index is 0.0520. The molecule has 4 aromatic rings. The number of benzene rings is 2. The number of aromatic nitrogens is 1. The molecule has 0 fully saturated rings. The van der Waals surface area contributed by atoms with Crippen LogP contribution in [0, 0.1) is 6.92 Å². The quantitative estimate of drug-likeness (QED) is 0.134. The van der Waals surface area contributed by atoms with E-state index in [0.717, 1.165) is 11.3 Å². The number of aromatic hydroxyl groups is 3. The molecule has 0 radical (unpaired) electrons. The second kappa shape index (κ2) is 11.2. The molecule has 2 aromatic heterocycles. The van der Waals surface area contributed by atoms with Crippen molar-refractivity contribution in [2.45, 2.75) is 26.8 Å². The molecule has 9 heteroatoms. The van der Waals surface area contributed by atoms with E-state index < -0.39 is 0 Å². The molecule has 0 saturated heterocycles. The lowest BCUT2D eigenvalue weighted by Gasteiger charge is -2.18. The molecule has 0 amide bonds. The topological polar surface area (TPSA) is 119 Å². The Labute approximate surface area is 222 Å². The SMILES string of the molecule is CCC(=Nc1c(Nc2cccc(C(=NC)N(C)C)c2O)c(O)n(Cc2ccccc2)c1O)c1ccc(C)o1. The number of anilines is 2. The van der Waals surface area contributed by atoms with E-state index in [0.29, 0.717) is 35.0 Å². The van der Waals surface area contributed by atoms with Crippen molar-refractivity contribution >= 4 is 28.6 Å². The zero-order valence-electron chi connectivity index (χ0n) is 22.2. The average molecular weight is 516 g/mol. The third kappa shape index (κ3) is 5.22. The average Bonchev–Trinajstić information content (AvgIpc) is 3.42. The molecule has 0 atom stereocenters. The Balaban J connectivity index is 1.87. The van der Waals surface area contributed by atoms with Gasteiger partial charge in [-0.05, 0) is 43.2 Å². The zero-order valence-corrected chi connectivity index (χ0v) is 22.2. The first-order valence-electron chi connectivity index (χ1n) is 12.3. The van der Waals surface area contributed by atoms with Crippen LogP contribution in [0.2, 0.25) is 0 Å². The number of nitrogens with one attached hydrogen (secondary N) is 1. The molecular weight excluding hydrogens is 482 g/mol. The number of furan rings is 1. The molecule has 198 valence electrons. The summed E-state index contributed by atoms with van der Waals surface area (Å²) in [5.41, 5.74) is 2.60. The highest BCUT2D eigenvalue weighted by molar-refractivity contribution is 6.04. The van der Waals surface area contributed by atoms with Gasteiger partial charge in [0.25, 0.3) is 0 Å². The highest BCUT2D eigenvalue weighted by Crippen LogP contribution is 2.48. The number of phenols is 1. The first-order valence-corrected chi connectivity index (χ1v) is 12.3. The van der Waals surface area contributed by atoms with E-state index in [9.17, 15) is 15.3 Å². The van der Waals surface area contributed by atoms with Crippen LogP contribution in [-0.2, 0) is 6.54 Å². The van der Waals surface area contributed by atoms with E-state index in [1.165, 1.54) is 4.57 Å². The van der Waals surface area contributed by atoms with Crippen LogP contribution in [0.4, 0.5) is 17.1 Å². The van der Waals surface area contributed by atoms with Crippen molar-refractivity contribution < 1.29 is 19.7 Å². The Morgan fingerprint density at radius 2 is 1.71 bits per heavy atom. The van der Waals surface area contributed by atoms with Crippen LogP contribution in [0.3, 0.4) is 0 Å². The fourth-order valence-corrected chi connectivity index (χ4v) is 4.27. The lowest BCUT2D eigenvalue weighted by molar-refractivity contribution is 0.379. The summed E-state index contributed by atoms with van der Waals surface area (Å²) in [4.78, 5) is 10.8. The maximum absolute atomic E-state index is 11.3. The summed E-state index contributed by atoms with van der Waals surface area (Å²) in [7, 11) is 5.33. The first kappa shape index (κ1) is 26.4. The molecule has 9 nitrogen and oxygen atoms in total. The van der Waals surface area contributed by atoms with E-state index in [2.05, 4.69) is 10.3 Å². The molecule has 0 saturated carbocycles. The van der Waals surface area contributed by atoms with E-state index in [4.69, 9.17) is 9.41 Å². The number of aliphatic imine (C=N–C) groups is 2. The standard InChI is InChI=1S/C29H33N5O4/c1-6-21(23-16-15-18(2)38-23)31-24-25(29(37)34(28(24)36)17-19-11-8-7-9-12-19)32-22-14-10-13-20(26(22)35)27(30-3)33(4)5/h7-16,32,35-37H,6,17H2,1-5H3. The van der Waals surface area contributed by atoms with Crippen molar-refractivity contribution in [3.05, 3.63) is 83.3 Å². The second-order valence-corrected chi connectivity index (χ2v) is 9.03. The Morgan fingerprint density at radius 1 is 0.974 bits per heavy atom. The molecule has 0 aliphatic carbocycles. The maximum atomic E-state index is 11.3. The number of para-hydroxylation sites is 1. The molecular formula is C29H33N5O4. The van der Waals surface area contributed by atoms with Crippen molar-refractivity contribution in [1.29, 1.82) is 0 Å². The zero-order chi connectivity index (χ0) is 27.4. The minimum atomic E-state index is -0.224. The Hall–Kier alpha value is -4.66. The third-order valence-electron chi connectivity index (χ3n) is 6.15. The molecule has 4 N–H and O–H groups in total. The van der Waals surface area contributed by atoms with Gasteiger partial charge < -0.3 is 30.0 Å².